The number of nitrogens with zero attached hydrogens (tertiary/aromatic N) is 6. The molecule has 0 radical (unpaired) electrons. The van der Waals surface area contributed by atoms with Crippen LogP contribution in [-0.4, -0.2) is 61.4 Å². The Balaban J connectivity index is 0.000000200. The van der Waals surface area contributed by atoms with Gasteiger partial charge in [-0.2, -0.15) is 30.0 Å². The van der Waals surface area contributed by atoms with Crippen molar-refractivity contribution in [2.24, 2.45) is 14.1 Å². The first-order valence-electron chi connectivity index (χ1n) is 9.98. The lowest BCUT2D eigenvalue weighted by Gasteiger charge is -2.09. The highest BCUT2D eigenvalue weighted by atomic mass is 79.9. The van der Waals surface area contributed by atoms with Gasteiger partial charge in [0.1, 0.15) is 34.3 Å². The van der Waals surface area contributed by atoms with Crippen LogP contribution in [0.4, 0.5) is 20.2 Å². The van der Waals surface area contributed by atoms with Crippen LogP contribution in [0.15, 0.2) is 41.1 Å². The number of nitrogen functional groups attached to an aromatic ring is 2. The third-order valence-corrected chi connectivity index (χ3v) is 5.03. The van der Waals surface area contributed by atoms with Crippen molar-refractivity contribution in [3.8, 4) is 22.8 Å². The third-order valence-electron chi connectivity index (χ3n) is 4.40. The largest absolute Gasteiger partial charge is 0.511 e. The van der Waals surface area contributed by atoms with Crippen LogP contribution in [0.5, 0.6) is 11.5 Å². The summed E-state index contributed by atoms with van der Waals surface area (Å²) in [5, 5.41) is 32.2. The fraction of sp³-hybridized carbons (Fsp3) is 0.200. The lowest BCUT2D eigenvalue weighted by atomic mass is 9.87. The Hall–Kier alpha value is -3.76. The molecular weight excluding hydrogens is 545 g/mol. The molecule has 4 rings (SSSR count). The van der Waals surface area contributed by atoms with Crippen LogP contribution in [0.2, 0.25) is 0 Å². The molecule has 0 aliphatic carbocycles. The molecule has 0 amide bonds. The molecule has 0 saturated heterocycles. The first-order valence-corrected chi connectivity index (χ1v) is 10.8. The van der Waals surface area contributed by atoms with Crippen LogP contribution < -0.4 is 26.5 Å². The number of aromatic nitrogens is 6. The van der Waals surface area contributed by atoms with Crippen LogP contribution in [-0.2, 0) is 14.1 Å². The van der Waals surface area contributed by atoms with E-state index in [1.165, 1.54) is 42.1 Å². The van der Waals surface area contributed by atoms with E-state index in [0.717, 1.165) is 0 Å². The number of aryl methyl sites for hydroxylation is 2. The maximum atomic E-state index is 13.2. The molecule has 0 bridgehead atoms. The Morgan fingerprint density at radius 3 is 1.81 bits per heavy atom. The van der Waals surface area contributed by atoms with Crippen LogP contribution in [0.1, 0.15) is 0 Å². The van der Waals surface area contributed by atoms with E-state index in [1.807, 2.05) is 0 Å². The summed E-state index contributed by atoms with van der Waals surface area (Å²) in [5.41, 5.74) is 12.3. The van der Waals surface area contributed by atoms with Crippen LogP contribution in [0, 0.1) is 11.6 Å². The van der Waals surface area contributed by atoms with Gasteiger partial charge < -0.3 is 31.0 Å². The van der Waals surface area contributed by atoms with Gasteiger partial charge in [-0.1, -0.05) is 0 Å². The van der Waals surface area contributed by atoms with Gasteiger partial charge in [0, 0.05) is 19.7 Å². The van der Waals surface area contributed by atoms with Crippen molar-refractivity contribution in [1.29, 1.82) is 0 Å². The normalized spacial score (nSPS) is 10.0. The van der Waals surface area contributed by atoms with Crippen molar-refractivity contribution in [3.05, 3.63) is 52.8 Å². The molecule has 16 heteroatoms. The summed E-state index contributed by atoms with van der Waals surface area (Å²) in [7, 11) is 4.66. The summed E-state index contributed by atoms with van der Waals surface area (Å²) >= 11 is 3.17. The molecule has 0 aliphatic rings. The highest BCUT2D eigenvalue weighted by Crippen LogP contribution is 2.35. The predicted octanol–water partition coefficient (Wildman–Crippen LogP) is 0.886. The Kier molecular flexibility index (Phi) is 10.1. The summed E-state index contributed by atoms with van der Waals surface area (Å²) in [5.74, 6) is -0.361. The highest BCUT2D eigenvalue weighted by Gasteiger charge is 2.15. The monoisotopic (exact) mass is 568 g/mol. The van der Waals surface area contributed by atoms with Crippen molar-refractivity contribution in [1.82, 2.24) is 30.0 Å². The molecule has 2 heterocycles. The van der Waals surface area contributed by atoms with Crippen molar-refractivity contribution < 1.29 is 28.3 Å². The zero-order valence-electron chi connectivity index (χ0n) is 19.7. The SMILES string of the molecule is COc1c(-c2cnn(C)n2)ccc(F)c1N.COc1c(Br)ccc(F)c1N.Cn1ncc(B(O)O)n1. The number of ether oxygens (including phenoxy) is 2. The first kappa shape index (κ1) is 28.5. The molecule has 0 unspecified atom stereocenters. The fourth-order valence-corrected chi connectivity index (χ4v) is 3.21. The van der Waals surface area contributed by atoms with Gasteiger partial charge in [0.15, 0.2) is 11.5 Å². The van der Waals surface area contributed by atoms with E-state index in [1.54, 1.807) is 32.4 Å². The summed E-state index contributed by atoms with van der Waals surface area (Å²) in [6, 6.07) is 5.67. The Bertz CT molecular complexity index is 1300. The van der Waals surface area contributed by atoms with Gasteiger partial charge in [-0.25, -0.2) is 8.78 Å². The average molecular weight is 569 g/mol. The van der Waals surface area contributed by atoms with Crippen LogP contribution in [0.25, 0.3) is 11.3 Å². The zero-order chi connectivity index (χ0) is 27.0. The molecule has 4 aromatic rings. The molecule has 36 heavy (non-hydrogen) atoms. The average Bonchev–Trinajstić information content (AvgIpc) is 3.48. The summed E-state index contributed by atoms with van der Waals surface area (Å²) in [6.07, 6.45) is 2.86. The molecule has 0 saturated carbocycles. The highest BCUT2D eigenvalue weighted by molar-refractivity contribution is 9.10. The molecule has 2 aromatic heterocycles. The van der Waals surface area contributed by atoms with Gasteiger partial charge in [0.2, 0.25) is 0 Å². The van der Waals surface area contributed by atoms with Crippen molar-refractivity contribution >= 4 is 40.0 Å². The van der Waals surface area contributed by atoms with Crippen molar-refractivity contribution in [2.75, 3.05) is 25.7 Å². The second-order valence-corrected chi connectivity index (χ2v) is 7.72. The van der Waals surface area contributed by atoms with Crippen molar-refractivity contribution in [2.45, 2.75) is 0 Å². The van der Waals surface area contributed by atoms with E-state index in [2.05, 4.69) is 36.3 Å². The van der Waals surface area contributed by atoms with E-state index < -0.39 is 18.8 Å². The molecule has 192 valence electrons. The fourth-order valence-electron chi connectivity index (χ4n) is 2.70. The van der Waals surface area contributed by atoms with E-state index in [0.29, 0.717) is 21.5 Å². The second-order valence-electron chi connectivity index (χ2n) is 6.87. The number of hydrogen-bond donors (Lipinski definition) is 4. The maximum absolute atomic E-state index is 13.2. The lowest BCUT2D eigenvalue weighted by Crippen LogP contribution is -2.31. The standard InChI is InChI=1S/C10H11FN4O.C7H7BrFNO.C3H6BN3O2/c1-15-13-5-8(14-15)6-3-4-7(11)9(12)10(6)16-2;1-11-7-4(8)2-3-5(9)6(7)10;1-7-5-2-3(6-7)4(8)9/h3-5H,12H2,1-2H3;2-3H,10H2,1H3;2,8-9H,1H3. The Labute approximate surface area is 213 Å². The minimum Gasteiger partial charge on any atom is -0.494 e. The number of nitrogens with two attached hydrogens (primary N) is 2. The van der Waals surface area contributed by atoms with E-state index >= 15 is 0 Å². The molecule has 0 aliphatic heterocycles. The topological polar surface area (TPSA) is 172 Å². The Morgan fingerprint density at radius 2 is 1.39 bits per heavy atom. The number of hydrogen-bond acceptors (Lipinski definition) is 10. The number of halogens is 3. The molecule has 12 nitrogen and oxygen atoms in total. The quantitative estimate of drug-likeness (QED) is 0.204. The van der Waals surface area contributed by atoms with Gasteiger partial charge in [-0.05, 0) is 40.2 Å². The maximum Gasteiger partial charge on any atom is 0.511 e. The predicted molar refractivity (Wildman–Crippen MR) is 133 cm³/mol. The van der Waals surface area contributed by atoms with Crippen molar-refractivity contribution in [3.63, 3.8) is 0 Å². The van der Waals surface area contributed by atoms with Crippen LogP contribution >= 0.6 is 15.9 Å². The molecule has 0 atom stereocenters. The molecule has 6 N–H and O–H groups in total. The second kappa shape index (κ2) is 12.8. The van der Waals surface area contributed by atoms with Gasteiger partial charge >= 0.3 is 7.12 Å². The molecule has 0 fully saturated rings. The summed E-state index contributed by atoms with van der Waals surface area (Å²) in [6.45, 7) is 0. The van der Waals surface area contributed by atoms with Gasteiger partial charge in [0.25, 0.3) is 0 Å². The van der Waals surface area contributed by atoms with E-state index in [-0.39, 0.29) is 22.7 Å². The first-order chi connectivity index (χ1) is 17.0. The van der Waals surface area contributed by atoms with Gasteiger partial charge in [-0.3, -0.25) is 0 Å². The Morgan fingerprint density at radius 1 is 0.861 bits per heavy atom. The molecular formula is C20H24BBrF2N8O4. The van der Waals surface area contributed by atoms with Crippen LogP contribution in [0.3, 0.4) is 0 Å². The minimum atomic E-state index is -1.52. The smallest absolute Gasteiger partial charge is 0.494 e. The number of rotatable bonds is 4. The molecule has 2 aromatic carbocycles. The lowest BCUT2D eigenvalue weighted by molar-refractivity contribution is 0.411. The number of anilines is 2. The third kappa shape index (κ3) is 7.13. The molecule has 0 spiro atoms. The van der Waals surface area contributed by atoms with Gasteiger partial charge in [0.05, 0.1) is 31.1 Å². The van der Waals surface area contributed by atoms with E-state index in [4.69, 9.17) is 31.0 Å². The summed E-state index contributed by atoms with van der Waals surface area (Å²) in [4.78, 5) is 2.67. The number of methoxy groups -OCH3 is 2. The van der Waals surface area contributed by atoms with Gasteiger partial charge in [-0.15, -0.1) is 0 Å². The zero-order valence-corrected chi connectivity index (χ0v) is 21.3. The number of benzene rings is 2. The minimum absolute atomic E-state index is 0.0225. The van der Waals surface area contributed by atoms with E-state index in [9.17, 15) is 8.78 Å². The summed E-state index contributed by atoms with van der Waals surface area (Å²) < 4.78 is 36.5.